The number of piperazine rings is 1. The molecule has 0 radical (unpaired) electrons. The van der Waals surface area contributed by atoms with Gasteiger partial charge in [0.2, 0.25) is 0 Å². The molecule has 0 N–H and O–H groups in total. The summed E-state index contributed by atoms with van der Waals surface area (Å²) in [7, 11) is 0. The Hall–Kier alpha value is -3.06. The number of nitriles is 1. The Labute approximate surface area is 179 Å². The molecule has 1 aliphatic rings. The third-order valence-corrected chi connectivity index (χ3v) is 5.19. The van der Waals surface area contributed by atoms with E-state index in [1.807, 2.05) is 24.3 Å². The highest BCUT2D eigenvalue weighted by Crippen LogP contribution is 2.18. The van der Waals surface area contributed by atoms with E-state index in [2.05, 4.69) is 20.7 Å². The molecule has 6 nitrogen and oxygen atoms in total. The summed E-state index contributed by atoms with van der Waals surface area (Å²) < 4.78 is 11.5. The van der Waals surface area contributed by atoms with Crippen molar-refractivity contribution in [3.63, 3.8) is 0 Å². The first-order valence-electron chi connectivity index (χ1n) is 10.4. The van der Waals surface area contributed by atoms with E-state index in [4.69, 9.17) is 21.3 Å². The van der Waals surface area contributed by atoms with E-state index in [-0.39, 0.29) is 0 Å². The first-order valence-corrected chi connectivity index (χ1v) is 10.4. The van der Waals surface area contributed by atoms with Crippen LogP contribution in [-0.4, -0.2) is 62.3 Å². The molecular weight excluding hydrogens is 376 g/mol. The normalized spacial score (nSPS) is 14.6. The molecule has 0 amide bonds. The Morgan fingerprint density at radius 1 is 0.800 bits per heavy atom. The molecule has 1 saturated heterocycles. The predicted octanol–water partition coefficient (Wildman–Crippen LogP) is 3.96. The smallest absolute Gasteiger partial charge is 0.187 e. The van der Waals surface area contributed by atoms with Gasteiger partial charge in [0.25, 0.3) is 0 Å². The Balaban J connectivity index is 1.22. The molecule has 6 heteroatoms. The number of ether oxygens (including phenoxy) is 2. The van der Waals surface area contributed by atoms with Gasteiger partial charge < -0.3 is 19.3 Å². The lowest BCUT2D eigenvalue weighted by atomic mass is 10.2. The van der Waals surface area contributed by atoms with Crippen LogP contribution in [0, 0.1) is 17.9 Å². The van der Waals surface area contributed by atoms with Crippen molar-refractivity contribution in [2.24, 2.45) is 0 Å². The summed E-state index contributed by atoms with van der Waals surface area (Å²) in [4.78, 5) is 8.37. The summed E-state index contributed by atoms with van der Waals surface area (Å²) in [5, 5.41) is 8.82. The summed E-state index contributed by atoms with van der Waals surface area (Å²) in [6, 6.07) is 16.7. The van der Waals surface area contributed by atoms with Crippen LogP contribution in [0.25, 0.3) is 4.85 Å². The summed E-state index contributed by atoms with van der Waals surface area (Å²) in [6.07, 6.45) is 2.00. The van der Waals surface area contributed by atoms with Crippen molar-refractivity contribution in [2.45, 2.75) is 12.8 Å². The van der Waals surface area contributed by atoms with Crippen LogP contribution in [0.5, 0.6) is 11.5 Å². The minimum absolute atomic E-state index is 0.640. The molecule has 2 aromatic rings. The predicted molar refractivity (Wildman–Crippen MR) is 117 cm³/mol. The number of nitrogens with zero attached hydrogens (tertiary/aromatic N) is 4. The van der Waals surface area contributed by atoms with Gasteiger partial charge in [0.15, 0.2) is 5.69 Å². The van der Waals surface area contributed by atoms with Crippen molar-refractivity contribution >= 4 is 5.69 Å². The number of benzene rings is 2. The average Bonchev–Trinajstić information content (AvgIpc) is 2.81. The molecule has 0 atom stereocenters. The van der Waals surface area contributed by atoms with Crippen molar-refractivity contribution in [3.8, 4) is 17.6 Å². The van der Waals surface area contributed by atoms with E-state index in [0.29, 0.717) is 24.5 Å². The highest BCUT2D eigenvalue weighted by Gasteiger charge is 2.16. The fourth-order valence-corrected chi connectivity index (χ4v) is 3.44. The molecule has 0 spiro atoms. The largest absolute Gasteiger partial charge is 0.494 e. The molecule has 1 heterocycles. The van der Waals surface area contributed by atoms with Crippen molar-refractivity contribution in [2.75, 3.05) is 52.5 Å². The molecule has 1 fully saturated rings. The maximum absolute atomic E-state index is 8.82. The van der Waals surface area contributed by atoms with Crippen LogP contribution < -0.4 is 9.47 Å². The lowest BCUT2D eigenvalue weighted by Crippen LogP contribution is -2.47. The Morgan fingerprint density at radius 3 is 1.70 bits per heavy atom. The molecule has 0 unspecified atom stereocenters. The van der Waals surface area contributed by atoms with E-state index in [1.165, 1.54) is 0 Å². The van der Waals surface area contributed by atoms with Crippen molar-refractivity contribution < 1.29 is 9.47 Å². The minimum atomic E-state index is 0.640. The van der Waals surface area contributed by atoms with Crippen LogP contribution in [-0.2, 0) is 0 Å². The SMILES string of the molecule is [C-]#[N+]c1ccc(OCCCN2CCN(CCCOc3ccc(C#N)cc3)CC2)cc1. The summed E-state index contributed by atoms with van der Waals surface area (Å²) in [5.41, 5.74) is 1.29. The van der Waals surface area contributed by atoms with Gasteiger partial charge >= 0.3 is 0 Å². The number of hydrogen-bond acceptors (Lipinski definition) is 5. The highest BCUT2D eigenvalue weighted by molar-refractivity contribution is 5.46. The zero-order valence-electron chi connectivity index (χ0n) is 17.3. The van der Waals surface area contributed by atoms with Gasteiger partial charge in [0.1, 0.15) is 11.5 Å². The highest BCUT2D eigenvalue weighted by atomic mass is 16.5. The molecule has 1 aliphatic heterocycles. The zero-order chi connectivity index (χ0) is 21.0. The van der Waals surface area contributed by atoms with Gasteiger partial charge in [-0.15, -0.1) is 0 Å². The number of rotatable bonds is 10. The third kappa shape index (κ3) is 7.08. The van der Waals surface area contributed by atoms with Crippen LogP contribution in [0.1, 0.15) is 18.4 Å². The Bertz CT molecular complexity index is 771. The van der Waals surface area contributed by atoms with E-state index in [0.717, 1.165) is 63.6 Å². The quantitative estimate of drug-likeness (QED) is 0.443. The zero-order valence-corrected chi connectivity index (χ0v) is 17.3. The summed E-state index contributed by atoms with van der Waals surface area (Å²) in [5.74, 6) is 1.65. The van der Waals surface area contributed by atoms with Crippen LogP contribution in [0.3, 0.4) is 0 Å². The second-order valence-corrected chi connectivity index (χ2v) is 7.33. The van der Waals surface area contributed by atoms with Crippen LogP contribution in [0.15, 0.2) is 48.5 Å². The Kier molecular flexibility index (Phi) is 8.53. The fourth-order valence-electron chi connectivity index (χ4n) is 3.44. The van der Waals surface area contributed by atoms with Gasteiger partial charge in [-0.2, -0.15) is 5.26 Å². The monoisotopic (exact) mass is 404 g/mol. The van der Waals surface area contributed by atoms with Crippen LogP contribution >= 0.6 is 0 Å². The molecule has 0 aliphatic carbocycles. The topological polar surface area (TPSA) is 53.1 Å². The van der Waals surface area contributed by atoms with Crippen LogP contribution in [0.2, 0.25) is 0 Å². The van der Waals surface area contributed by atoms with Crippen molar-refractivity contribution in [3.05, 3.63) is 65.5 Å². The molecular formula is C24H28N4O2. The maximum Gasteiger partial charge on any atom is 0.187 e. The maximum atomic E-state index is 8.82. The molecule has 156 valence electrons. The first kappa shape index (κ1) is 21.6. The third-order valence-electron chi connectivity index (χ3n) is 5.19. The van der Waals surface area contributed by atoms with Gasteiger partial charge in [0, 0.05) is 39.3 Å². The minimum Gasteiger partial charge on any atom is -0.494 e. The van der Waals surface area contributed by atoms with Crippen LogP contribution in [0.4, 0.5) is 5.69 Å². The van der Waals surface area contributed by atoms with E-state index < -0.39 is 0 Å². The molecule has 30 heavy (non-hydrogen) atoms. The molecule has 0 bridgehead atoms. The van der Waals surface area contributed by atoms with Crippen molar-refractivity contribution in [1.82, 2.24) is 9.80 Å². The average molecular weight is 405 g/mol. The van der Waals surface area contributed by atoms with Gasteiger partial charge in [0.05, 0.1) is 31.4 Å². The lowest BCUT2D eigenvalue weighted by molar-refractivity contribution is 0.120. The second kappa shape index (κ2) is 11.8. The summed E-state index contributed by atoms with van der Waals surface area (Å²) >= 11 is 0. The van der Waals surface area contributed by atoms with Crippen molar-refractivity contribution in [1.29, 1.82) is 5.26 Å². The molecule has 3 rings (SSSR count). The van der Waals surface area contributed by atoms with Gasteiger partial charge in [-0.3, -0.25) is 0 Å². The summed E-state index contributed by atoms with van der Waals surface area (Å²) in [6.45, 7) is 14.8. The van der Waals surface area contributed by atoms with Gasteiger partial charge in [-0.25, -0.2) is 4.85 Å². The fraction of sp³-hybridized carbons (Fsp3) is 0.417. The first-order chi connectivity index (χ1) is 14.8. The van der Waals surface area contributed by atoms with Gasteiger partial charge in [-0.05, 0) is 49.2 Å². The number of hydrogen-bond donors (Lipinski definition) is 0. The molecule has 2 aromatic carbocycles. The van der Waals surface area contributed by atoms with Gasteiger partial charge in [-0.1, -0.05) is 12.1 Å². The van der Waals surface area contributed by atoms with E-state index in [1.54, 1.807) is 24.3 Å². The lowest BCUT2D eigenvalue weighted by Gasteiger charge is -2.34. The molecule has 0 saturated carbocycles. The van der Waals surface area contributed by atoms with E-state index >= 15 is 0 Å². The molecule has 0 aromatic heterocycles. The Morgan fingerprint density at radius 2 is 1.27 bits per heavy atom. The van der Waals surface area contributed by atoms with E-state index in [9.17, 15) is 0 Å². The standard InChI is InChI=1S/C24H28N4O2/c1-26-22-6-10-24(11-7-22)30-19-3-13-28-16-14-27(15-17-28)12-2-18-29-23-8-4-21(20-25)5-9-23/h4-11H,2-3,12-19H2. The second-order valence-electron chi connectivity index (χ2n) is 7.33.